The molecule has 0 amide bonds. The molecule has 1 unspecified atom stereocenters. The summed E-state index contributed by atoms with van der Waals surface area (Å²) in [6.07, 6.45) is 1.17. The Morgan fingerprint density at radius 1 is 1.09 bits per heavy atom. The fraction of sp³-hybridized carbons (Fsp3) is 0.368. The Morgan fingerprint density at radius 2 is 1.83 bits per heavy atom. The lowest BCUT2D eigenvalue weighted by atomic mass is 9.98. The van der Waals surface area contributed by atoms with Gasteiger partial charge in [-0.3, -0.25) is 0 Å². The molecule has 0 aromatic heterocycles. The van der Waals surface area contributed by atoms with Gasteiger partial charge in [-0.2, -0.15) is 0 Å². The van der Waals surface area contributed by atoms with Crippen molar-refractivity contribution in [3.05, 3.63) is 63.6 Å². The standard InChI is InChI=1S/C19H23Cl2NS/c1-3-22-11-10-14(2)15-5-8-18(9-6-15)23-13-16-4-7-17(20)12-19(16)21/h4-9,12,14,22H,3,10-11,13H2,1-2H3. The van der Waals surface area contributed by atoms with Gasteiger partial charge in [0.25, 0.3) is 0 Å². The quantitative estimate of drug-likeness (QED) is 0.428. The van der Waals surface area contributed by atoms with Crippen LogP contribution in [0.4, 0.5) is 0 Å². The number of rotatable bonds is 8. The van der Waals surface area contributed by atoms with Gasteiger partial charge < -0.3 is 5.32 Å². The Kier molecular flexibility index (Phi) is 7.78. The monoisotopic (exact) mass is 367 g/mol. The molecule has 0 saturated carbocycles. The highest BCUT2D eigenvalue weighted by Gasteiger charge is 2.06. The van der Waals surface area contributed by atoms with Crippen molar-refractivity contribution >= 4 is 35.0 Å². The minimum atomic E-state index is 0.582. The molecule has 1 N–H and O–H groups in total. The van der Waals surface area contributed by atoms with Gasteiger partial charge in [-0.15, -0.1) is 11.8 Å². The van der Waals surface area contributed by atoms with E-state index in [0.29, 0.717) is 10.9 Å². The zero-order valence-corrected chi connectivity index (χ0v) is 15.9. The summed E-state index contributed by atoms with van der Waals surface area (Å²) in [6.45, 7) is 6.54. The average molecular weight is 368 g/mol. The second-order valence-corrected chi connectivity index (χ2v) is 7.53. The molecule has 0 heterocycles. The lowest BCUT2D eigenvalue weighted by Gasteiger charge is -2.13. The fourth-order valence-corrected chi connectivity index (χ4v) is 3.81. The summed E-state index contributed by atoms with van der Waals surface area (Å²) < 4.78 is 0. The van der Waals surface area contributed by atoms with Gasteiger partial charge in [0, 0.05) is 20.7 Å². The molecule has 0 aliphatic rings. The molecule has 23 heavy (non-hydrogen) atoms. The zero-order valence-electron chi connectivity index (χ0n) is 13.6. The van der Waals surface area contributed by atoms with Crippen LogP contribution in [0.25, 0.3) is 0 Å². The maximum Gasteiger partial charge on any atom is 0.0461 e. The fourth-order valence-electron chi connectivity index (χ4n) is 2.35. The van der Waals surface area contributed by atoms with Crippen molar-refractivity contribution in [2.45, 2.75) is 36.8 Å². The van der Waals surface area contributed by atoms with E-state index in [1.165, 1.54) is 16.9 Å². The lowest BCUT2D eigenvalue weighted by Crippen LogP contribution is -2.15. The van der Waals surface area contributed by atoms with Crippen LogP contribution in [0.1, 0.15) is 37.3 Å². The predicted octanol–water partition coefficient (Wildman–Crippen LogP) is 6.39. The molecule has 0 radical (unpaired) electrons. The Bertz CT molecular complexity index is 613. The van der Waals surface area contributed by atoms with Crippen LogP contribution in [0, 0.1) is 0 Å². The van der Waals surface area contributed by atoms with Crippen molar-refractivity contribution in [3.8, 4) is 0 Å². The van der Waals surface area contributed by atoms with Crippen LogP contribution in [0.5, 0.6) is 0 Å². The van der Waals surface area contributed by atoms with Crippen molar-refractivity contribution < 1.29 is 0 Å². The number of hydrogen-bond donors (Lipinski definition) is 1. The van der Waals surface area contributed by atoms with E-state index in [2.05, 4.69) is 43.4 Å². The molecule has 0 aliphatic carbocycles. The third-order valence-electron chi connectivity index (χ3n) is 3.86. The third-order valence-corrected chi connectivity index (χ3v) is 5.51. The summed E-state index contributed by atoms with van der Waals surface area (Å²) >= 11 is 13.9. The number of hydrogen-bond acceptors (Lipinski definition) is 2. The zero-order chi connectivity index (χ0) is 16.7. The third kappa shape index (κ3) is 6.04. The molecule has 2 aromatic carbocycles. The van der Waals surface area contributed by atoms with Gasteiger partial charge in [0.05, 0.1) is 0 Å². The first-order chi connectivity index (χ1) is 11.1. The summed E-state index contributed by atoms with van der Waals surface area (Å²) in [7, 11) is 0. The number of halogens is 2. The van der Waals surface area contributed by atoms with Crippen molar-refractivity contribution in [1.82, 2.24) is 5.32 Å². The van der Waals surface area contributed by atoms with E-state index in [9.17, 15) is 0 Å². The smallest absolute Gasteiger partial charge is 0.0461 e. The SMILES string of the molecule is CCNCCC(C)c1ccc(SCc2ccc(Cl)cc2Cl)cc1. The maximum absolute atomic E-state index is 6.22. The van der Waals surface area contributed by atoms with E-state index in [4.69, 9.17) is 23.2 Å². The highest BCUT2D eigenvalue weighted by atomic mass is 35.5. The van der Waals surface area contributed by atoms with Gasteiger partial charge in [0.2, 0.25) is 0 Å². The molecular formula is C19H23Cl2NS. The van der Waals surface area contributed by atoms with Crippen LogP contribution in [0.15, 0.2) is 47.4 Å². The van der Waals surface area contributed by atoms with Gasteiger partial charge in [-0.25, -0.2) is 0 Å². The summed E-state index contributed by atoms with van der Waals surface area (Å²) in [4.78, 5) is 1.26. The number of thioether (sulfide) groups is 1. The molecular weight excluding hydrogens is 345 g/mol. The van der Waals surface area contributed by atoms with Crippen molar-refractivity contribution in [1.29, 1.82) is 0 Å². The first-order valence-electron chi connectivity index (χ1n) is 7.97. The van der Waals surface area contributed by atoms with Gasteiger partial charge in [-0.05, 0) is 60.8 Å². The van der Waals surface area contributed by atoms with E-state index in [0.717, 1.165) is 29.4 Å². The molecule has 0 saturated heterocycles. The Hall–Kier alpha value is -0.670. The Balaban J connectivity index is 1.89. The summed E-state index contributed by atoms with van der Waals surface area (Å²) in [5.74, 6) is 1.43. The second kappa shape index (κ2) is 9.58. The van der Waals surface area contributed by atoms with Crippen LogP contribution in [0.3, 0.4) is 0 Å². The van der Waals surface area contributed by atoms with Crippen molar-refractivity contribution in [3.63, 3.8) is 0 Å². The summed E-state index contributed by atoms with van der Waals surface area (Å²) in [5, 5.41) is 4.80. The van der Waals surface area contributed by atoms with Crippen LogP contribution < -0.4 is 5.32 Å². The van der Waals surface area contributed by atoms with Crippen LogP contribution in [-0.2, 0) is 5.75 Å². The first kappa shape index (κ1) is 18.7. The predicted molar refractivity (Wildman–Crippen MR) is 104 cm³/mol. The normalized spacial score (nSPS) is 12.3. The molecule has 0 bridgehead atoms. The minimum absolute atomic E-state index is 0.582. The molecule has 124 valence electrons. The van der Waals surface area contributed by atoms with E-state index in [1.54, 1.807) is 17.8 Å². The highest BCUT2D eigenvalue weighted by Crippen LogP contribution is 2.29. The summed E-state index contributed by atoms with van der Waals surface area (Å²) in [6, 6.07) is 14.6. The molecule has 2 aromatic rings. The molecule has 4 heteroatoms. The molecule has 1 nitrogen and oxygen atoms in total. The maximum atomic E-state index is 6.22. The minimum Gasteiger partial charge on any atom is -0.317 e. The largest absolute Gasteiger partial charge is 0.317 e. The van der Waals surface area contributed by atoms with Gasteiger partial charge in [0.1, 0.15) is 0 Å². The first-order valence-corrected chi connectivity index (χ1v) is 9.71. The lowest BCUT2D eigenvalue weighted by molar-refractivity contribution is 0.608. The topological polar surface area (TPSA) is 12.0 Å². The Morgan fingerprint density at radius 3 is 2.48 bits per heavy atom. The average Bonchev–Trinajstić information content (AvgIpc) is 2.55. The van der Waals surface area contributed by atoms with Gasteiger partial charge in [0.15, 0.2) is 0 Å². The molecule has 0 aliphatic heterocycles. The van der Waals surface area contributed by atoms with Gasteiger partial charge >= 0.3 is 0 Å². The Labute approximate surface area is 153 Å². The molecule has 0 fully saturated rings. The van der Waals surface area contributed by atoms with E-state index in [-0.39, 0.29) is 0 Å². The van der Waals surface area contributed by atoms with Crippen molar-refractivity contribution in [2.75, 3.05) is 13.1 Å². The highest BCUT2D eigenvalue weighted by molar-refractivity contribution is 7.98. The van der Waals surface area contributed by atoms with Gasteiger partial charge in [-0.1, -0.05) is 55.2 Å². The van der Waals surface area contributed by atoms with Crippen LogP contribution in [-0.4, -0.2) is 13.1 Å². The second-order valence-electron chi connectivity index (χ2n) is 5.64. The summed E-state index contributed by atoms with van der Waals surface area (Å²) in [5.41, 5.74) is 2.51. The van der Waals surface area contributed by atoms with E-state index >= 15 is 0 Å². The van der Waals surface area contributed by atoms with Crippen LogP contribution >= 0.6 is 35.0 Å². The molecule has 1 atom stereocenters. The molecule has 2 rings (SSSR count). The molecule has 0 spiro atoms. The van der Waals surface area contributed by atoms with Crippen molar-refractivity contribution in [2.24, 2.45) is 0 Å². The van der Waals surface area contributed by atoms with E-state index in [1.807, 2.05) is 12.1 Å². The number of benzene rings is 2. The number of nitrogens with one attached hydrogen (secondary N) is 1. The van der Waals surface area contributed by atoms with Crippen LogP contribution in [0.2, 0.25) is 10.0 Å². The van der Waals surface area contributed by atoms with E-state index < -0.39 is 0 Å².